The van der Waals surface area contributed by atoms with E-state index in [0.717, 1.165) is 13.0 Å². The minimum Gasteiger partial charge on any atom is -0.327 e. The first kappa shape index (κ1) is 17.9. The van der Waals surface area contributed by atoms with E-state index in [2.05, 4.69) is 11.8 Å². The Morgan fingerprint density at radius 2 is 1.42 bits per heavy atom. The minimum absolute atomic E-state index is 0.352. The predicted octanol–water partition coefficient (Wildman–Crippen LogP) is 2.34. The molecule has 2 nitrogen and oxygen atoms in total. The van der Waals surface area contributed by atoms with Gasteiger partial charge in [-0.2, -0.15) is 0 Å². The van der Waals surface area contributed by atoms with Gasteiger partial charge in [-0.1, -0.05) is 34.6 Å². The van der Waals surface area contributed by atoms with Crippen molar-refractivity contribution in [3.8, 4) is 0 Å². The largest absolute Gasteiger partial charge is 0.327 e. The van der Waals surface area contributed by atoms with Crippen molar-refractivity contribution < 1.29 is 0 Å². The summed E-state index contributed by atoms with van der Waals surface area (Å²) >= 11 is 0. The average Bonchev–Trinajstić information content (AvgIpc) is 2.10. The molecule has 0 aliphatic rings. The first-order chi connectivity index (χ1) is 5.66. The fraction of sp³-hybridized carbons (Fsp3) is 1.00. The highest BCUT2D eigenvalue weighted by Gasteiger charge is 1.97. The summed E-state index contributed by atoms with van der Waals surface area (Å²) in [5, 5.41) is 0. The SMILES string of the molecule is CC.CC.CCC(N)CN(C)C. The molecule has 2 heteroatoms. The van der Waals surface area contributed by atoms with Gasteiger partial charge in [0, 0.05) is 12.6 Å². The van der Waals surface area contributed by atoms with Crippen LogP contribution in [0.3, 0.4) is 0 Å². The van der Waals surface area contributed by atoms with Gasteiger partial charge in [-0.25, -0.2) is 0 Å². The molecule has 0 bridgehead atoms. The van der Waals surface area contributed by atoms with Gasteiger partial charge in [0.25, 0.3) is 0 Å². The molecule has 0 spiro atoms. The molecule has 78 valence electrons. The van der Waals surface area contributed by atoms with Crippen molar-refractivity contribution in [1.82, 2.24) is 4.90 Å². The highest BCUT2D eigenvalue weighted by Crippen LogP contribution is 1.86. The van der Waals surface area contributed by atoms with Crippen LogP contribution in [-0.4, -0.2) is 31.6 Å². The average molecular weight is 176 g/mol. The van der Waals surface area contributed by atoms with Gasteiger partial charge >= 0.3 is 0 Å². The number of nitrogens with two attached hydrogens (primary N) is 1. The van der Waals surface area contributed by atoms with Crippen molar-refractivity contribution in [2.45, 2.75) is 47.1 Å². The van der Waals surface area contributed by atoms with Crippen LogP contribution in [0.2, 0.25) is 0 Å². The fourth-order valence-corrected chi connectivity index (χ4v) is 0.598. The van der Waals surface area contributed by atoms with Gasteiger partial charge < -0.3 is 10.6 Å². The lowest BCUT2D eigenvalue weighted by molar-refractivity contribution is 0.368. The molecule has 1 unspecified atom stereocenters. The van der Waals surface area contributed by atoms with Crippen LogP contribution in [-0.2, 0) is 0 Å². The van der Waals surface area contributed by atoms with Crippen LogP contribution in [0.5, 0.6) is 0 Å². The van der Waals surface area contributed by atoms with Gasteiger partial charge in [-0.3, -0.25) is 0 Å². The molecule has 0 amide bonds. The monoisotopic (exact) mass is 176 g/mol. The molecule has 0 rings (SSSR count). The summed E-state index contributed by atoms with van der Waals surface area (Å²) in [6.07, 6.45) is 1.07. The summed E-state index contributed by atoms with van der Waals surface area (Å²) in [5.41, 5.74) is 5.63. The second-order valence-electron chi connectivity index (χ2n) is 2.43. The predicted molar refractivity (Wildman–Crippen MR) is 59.5 cm³/mol. The molecular formula is C10H28N2. The standard InChI is InChI=1S/C6H16N2.2C2H6/c1-4-6(7)5-8(2)3;2*1-2/h6H,4-5,7H2,1-3H3;2*1-2H3. The summed E-state index contributed by atoms with van der Waals surface area (Å²) in [5.74, 6) is 0. The molecule has 1 atom stereocenters. The molecule has 0 saturated heterocycles. The zero-order valence-corrected chi connectivity index (χ0v) is 10.0. The molecule has 2 N–H and O–H groups in total. The van der Waals surface area contributed by atoms with Crippen molar-refractivity contribution in [1.29, 1.82) is 0 Å². The van der Waals surface area contributed by atoms with Gasteiger partial charge in [0.2, 0.25) is 0 Å². The highest BCUT2D eigenvalue weighted by atomic mass is 15.1. The fourth-order valence-electron chi connectivity index (χ4n) is 0.598. The van der Waals surface area contributed by atoms with Gasteiger partial charge in [-0.15, -0.1) is 0 Å². The van der Waals surface area contributed by atoms with E-state index < -0.39 is 0 Å². The maximum atomic E-state index is 5.63. The van der Waals surface area contributed by atoms with Crippen molar-refractivity contribution >= 4 is 0 Å². The van der Waals surface area contributed by atoms with Crippen molar-refractivity contribution in [2.75, 3.05) is 20.6 Å². The van der Waals surface area contributed by atoms with Gasteiger partial charge in [0.05, 0.1) is 0 Å². The van der Waals surface area contributed by atoms with Crippen LogP contribution in [0.15, 0.2) is 0 Å². The van der Waals surface area contributed by atoms with Crippen molar-refractivity contribution in [3.05, 3.63) is 0 Å². The van der Waals surface area contributed by atoms with E-state index in [0.29, 0.717) is 6.04 Å². The molecular weight excluding hydrogens is 148 g/mol. The smallest absolute Gasteiger partial charge is 0.0164 e. The number of nitrogens with zero attached hydrogens (tertiary/aromatic N) is 1. The summed E-state index contributed by atoms with van der Waals surface area (Å²) in [7, 11) is 4.07. The molecule has 0 heterocycles. The minimum atomic E-state index is 0.352. The Bertz CT molecular complexity index is 53.8. The van der Waals surface area contributed by atoms with Crippen LogP contribution < -0.4 is 5.73 Å². The van der Waals surface area contributed by atoms with Gasteiger partial charge in [-0.05, 0) is 20.5 Å². The second kappa shape index (κ2) is 17.1. The summed E-state index contributed by atoms with van der Waals surface area (Å²) < 4.78 is 0. The first-order valence-corrected chi connectivity index (χ1v) is 5.07. The quantitative estimate of drug-likeness (QED) is 0.715. The van der Waals surface area contributed by atoms with Gasteiger partial charge in [0.15, 0.2) is 0 Å². The molecule has 0 saturated carbocycles. The number of likely N-dealkylation sites (N-methyl/N-ethyl adjacent to an activating group) is 1. The molecule has 0 radical (unpaired) electrons. The van der Waals surface area contributed by atoms with Crippen LogP contribution in [0.4, 0.5) is 0 Å². The maximum Gasteiger partial charge on any atom is 0.0164 e. The van der Waals surface area contributed by atoms with Crippen LogP contribution >= 0.6 is 0 Å². The number of hydrogen-bond acceptors (Lipinski definition) is 2. The third-order valence-corrected chi connectivity index (χ3v) is 1.12. The lowest BCUT2D eigenvalue weighted by Gasteiger charge is -2.13. The third-order valence-electron chi connectivity index (χ3n) is 1.12. The molecule has 12 heavy (non-hydrogen) atoms. The molecule has 0 aliphatic carbocycles. The number of rotatable bonds is 3. The van der Waals surface area contributed by atoms with Crippen molar-refractivity contribution in [2.24, 2.45) is 5.73 Å². The molecule has 0 aromatic heterocycles. The van der Waals surface area contributed by atoms with E-state index in [1.165, 1.54) is 0 Å². The Labute approximate surface area is 79.1 Å². The highest BCUT2D eigenvalue weighted by molar-refractivity contribution is 4.59. The maximum absolute atomic E-state index is 5.63. The Morgan fingerprint density at radius 1 is 1.08 bits per heavy atom. The van der Waals surface area contributed by atoms with E-state index >= 15 is 0 Å². The van der Waals surface area contributed by atoms with Gasteiger partial charge in [0.1, 0.15) is 0 Å². The van der Waals surface area contributed by atoms with E-state index in [1.54, 1.807) is 0 Å². The van der Waals surface area contributed by atoms with E-state index in [-0.39, 0.29) is 0 Å². The lowest BCUT2D eigenvalue weighted by Crippen LogP contribution is -2.32. The second-order valence-corrected chi connectivity index (χ2v) is 2.43. The molecule has 0 aromatic rings. The number of hydrogen-bond donors (Lipinski definition) is 1. The summed E-state index contributed by atoms with van der Waals surface area (Å²) in [6.45, 7) is 11.1. The Kier molecular flexibility index (Phi) is 25.5. The van der Waals surface area contributed by atoms with Crippen LogP contribution in [0, 0.1) is 0 Å². The third kappa shape index (κ3) is 22.5. The van der Waals surface area contributed by atoms with Crippen molar-refractivity contribution in [3.63, 3.8) is 0 Å². The summed E-state index contributed by atoms with van der Waals surface area (Å²) in [6, 6.07) is 0.352. The Balaban J connectivity index is -0.000000175. The van der Waals surface area contributed by atoms with E-state index in [9.17, 15) is 0 Å². The Hall–Kier alpha value is -0.0800. The molecule has 0 fully saturated rings. The first-order valence-electron chi connectivity index (χ1n) is 5.07. The Morgan fingerprint density at radius 3 is 1.50 bits per heavy atom. The van der Waals surface area contributed by atoms with E-state index in [1.807, 2.05) is 41.8 Å². The zero-order valence-electron chi connectivity index (χ0n) is 10.0. The topological polar surface area (TPSA) is 29.3 Å². The summed E-state index contributed by atoms with van der Waals surface area (Å²) in [4.78, 5) is 2.11. The van der Waals surface area contributed by atoms with E-state index in [4.69, 9.17) is 5.73 Å². The molecule has 0 aromatic carbocycles. The normalized spacial score (nSPS) is 10.8. The molecule has 0 aliphatic heterocycles. The lowest BCUT2D eigenvalue weighted by atomic mass is 10.2. The van der Waals surface area contributed by atoms with Crippen LogP contribution in [0.25, 0.3) is 0 Å². The van der Waals surface area contributed by atoms with Crippen LogP contribution in [0.1, 0.15) is 41.0 Å². The zero-order chi connectivity index (χ0) is 10.6.